The summed E-state index contributed by atoms with van der Waals surface area (Å²) in [5.41, 5.74) is 1.26. The zero-order valence-electron chi connectivity index (χ0n) is 12.5. The number of ether oxygens (including phenoxy) is 2. The van der Waals surface area contributed by atoms with Gasteiger partial charge in [-0.05, 0) is 24.1 Å². The molecular formula is C16H22N2O3. The minimum absolute atomic E-state index is 0.000803. The molecule has 3 atom stereocenters. The molecule has 2 bridgehead atoms. The Balaban J connectivity index is 1.62. The van der Waals surface area contributed by atoms with Crippen molar-refractivity contribution < 1.29 is 14.3 Å². The molecule has 0 unspecified atom stereocenters. The van der Waals surface area contributed by atoms with Gasteiger partial charge in [-0.2, -0.15) is 0 Å². The molecule has 2 aliphatic rings. The fourth-order valence-corrected chi connectivity index (χ4v) is 3.32. The Morgan fingerprint density at radius 1 is 1.38 bits per heavy atom. The fourth-order valence-electron chi connectivity index (χ4n) is 3.32. The van der Waals surface area contributed by atoms with E-state index in [1.807, 2.05) is 12.1 Å². The van der Waals surface area contributed by atoms with Gasteiger partial charge in [0, 0.05) is 26.7 Å². The zero-order chi connectivity index (χ0) is 14.8. The molecule has 114 valence electrons. The van der Waals surface area contributed by atoms with Gasteiger partial charge in [-0.3, -0.25) is 9.69 Å². The van der Waals surface area contributed by atoms with Gasteiger partial charge >= 0.3 is 0 Å². The number of carbonyl (C=O) groups is 1. The molecule has 3 rings (SSSR count). The van der Waals surface area contributed by atoms with Crippen molar-refractivity contribution in [1.82, 2.24) is 10.2 Å². The van der Waals surface area contributed by atoms with E-state index in [4.69, 9.17) is 9.47 Å². The van der Waals surface area contributed by atoms with Crippen LogP contribution >= 0.6 is 0 Å². The van der Waals surface area contributed by atoms with E-state index in [1.54, 1.807) is 14.2 Å². The summed E-state index contributed by atoms with van der Waals surface area (Å²) in [6, 6.07) is 8.15. The number of amides is 1. The molecule has 1 amide bonds. The van der Waals surface area contributed by atoms with E-state index in [0.29, 0.717) is 0 Å². The highest BCUT2D eigenvalue weighted by molar-refractivity contribution is 5.79. The standard InChI is InChI=1S/C16H22N2O3/c1-17-16(19)14-7-13-9-18(10-15(14)21-13)8-11-3-5-12(20-2)6-4-11/h3-6,13-15H,7-10H2,1-2H3,(H,17,19)/t13-,14-,15-/m0/s1. The SMILES string of the molecule is CNC(=O)[C@H]1C[C@H]2CN(Cc3ccc(OC)cc3)C[C@@H]1O2. The lowest BCUT2D eigenvalue weighted by Gasteiger charge is -2.32. The summed E-state index contributed by atoms with van der Waals surface area (Å²) in [4.78, 5) is 14.2. The number of methoxy groups -OCH3 is 1. The minimum Gasteiger partial charge on any atom is -0.497 e. The van der Waals surface area contributed by atoms with Gasteiger partial charge < -0.3 is 14.8 Å². The summed E-state index contributed by atoms with van der Waals surface area (Å²) in [7, 11) is 3.37. The number of hydrogen-bond donors (Lipinski definition) is 1. The molecule has 2 heterocycles. The Kier molecular flexibility index (Phi) is 4.12. The number of rotatable bonds is 4. The largest absolute Gasteiger partial charge is 0.497 e. The van der Waals surface area contributed by atoms with E-state index in [2.05, 4.69) is 22.3 Å². The third-order valence-electron chi connectivity index (χ3n) is 4.38. The second-order valence-corrected chi connectivity index (χ2v) is 5.80. The second kappa shape index (κ2) is 6.03. The van der Waals surface area contributed by atoms with E-state index in [-0.39, 0.29) is 24.0 Å². The number of likely N-dealkylation sites (tertiary alicyclic amines) is 1. The maximum Gasteiger partial charge on any atom is 0.225 e. The average Bonchev–Trinajstić information content (AvgIpc) is 2.82. The van der Waals surface area contributed by atoms with Gasteiger partial charge in [0.2, 0.25) is 5.91 Å². The molecule has 1 aromatic carbocycles. The number of hydrogen-bond acceptors (Lipinski definition) is 4. The third kappa shape index (κ3) is 3.04. The summed E-state index contributed by atoms with van der Waals surface area (Å²) < 4.78 is 11.1. The average molecular weight is 290 g/mol. The Morgan fingerprint density at radius 2 is 2.14 bits per heavy atom. The first kappa shape index (κ1) is 14.4. The molecule has 2 fully saturated rings. The number of fused-ring (bicyclic) bond motifs is 2. The highest BCUT2D eigenvalue weighted by Crippen LogP contribution is 2.32. The summed E-state index contributed by atoms with van der Waals surface area (Å²) >= 11 is 0. The van der Waals surface area contributed by atoms with Crippen LogP contribution in [0.2, 0.25) is 0 Å². The Labute approximate surface area is 125 Å². The molecule has 1 aromatic rings. The minimum atomic E-state index is 0.000803. The van der Waals surface area contributed by atoms with Crippen molar-refractivity contribution >= 4 is 5.91 Å². The number of morpholine rings is 1. The van der Waals surface area contributed by atoms with Gasteiger partial charge in [0.25, 0.3) is 0 Å². The van der Waals surface area contributed by atoms with Crippen molar-refractivity contribution in [2.24, 2.45) is 5.92 Å². The molecule has 0 aromatic heterocycles. The summed E-state index contributed by atoms with van der Waals surface area (Å²) in [5.74, 6) is 0.982. The second-order valence-electron chi connectivity index (χ2n) is 5.80. The topological polar surface area (TPSA) is 50.8 Å². The van der Waals surface area contributed by atoms with Crippen LogP contribution in [0.1, 0.15) is 12.0 Å². The molecule has 0 saturated carbocycles. The molecular weight excluding hydrogens is 268 g/mol. The summed E-state index contributed by atoms with van der Waals surface area (Å²) in [6.07, 6.45) is 1.05. The van der Waals surface area contributed by atoms with Gasteiger partial charge in [-0.1, -0.05) is 12.1 Å². The number of benzene rings is 1. The maximum absolute atomic E-state index is 11.9. The van der Waals surface area contributed by atoms with Crippen molar-refractivity contribution in [3.8, 4) is 5.75 Å². The van der Waals surface area contributed by atoms with Gasteiger partial charge in [-0.15, -0.1) is 0 Å². The van der Waals surface area contributed by atoms with Gasteiger partial charge in [0.1, 0.15) is 5.75 Å². The Morgan fingerprint density at radius 3 is 2.81 bits per heavy atom. The van der Waals surface area contributed by atoms with Crippen LogP contribution in [0.3, 0.4) is 0 Å². The quantitative estimate of drug-likeness (QED) is 0.900. The van der Waals surface area contributed by atoms with Gasteiger partial charge in [0.15, 0.2) is 0 Å². The first-order valence-corrected chi connectivity index (χ1v) is 7.42. The Bertz CT molecular complexity index is 503. The normalized spacial score (nSPS) is 28.4. The Hall–Kier alpha value is -1.59. The van der Waals surface area contributed by atoms with Crippen molar-refractivity contribution in [3.63, 3.8) is 0 Å². The first-order chi connectivity index (χ1) is 10.2. The molecule has 0 spiro atoms. The van der Waals surface area contributed by atoms with Crippen molar-refractivity contribution in [2.75, 3.05) is 27.2 Å². The van der Waals surface area contributed by atoms with Crippen molar-refractivity contribution in [2.45, 2.75) is 25.2 Å². The number of nitrogens with zero attached hydrogens (tertiary/aromatic N) is 1. The van der Waals surface area contributed by atoms with Crippen LogP contribution in [0.15, 0.2) is 24.3 Å². The molecule has 5 nitrogen and oxygen atoms in total. The summed E-state index contributed by atoms with van der Waals surface area (Å²) in [5, 5.41) is 2.75. The third-order valence-corrected chi connectivity index (χ3v) is 4.38. The van der Waals surface area contributed by atoms with Crippen LogP contribution in [0.25, 0.3) is 0 Å². The zero-order valence-corrected chi connectivity index (χ0v) is 12.5. The molecule has 0 aliphatic carbocycles. The van der Waals surface area contributed by atoms with E-state index < -0.39 is 0 Å². The highest BCUT2D eigenvalue weighted by Gasteiger charge is 2.44. The number of carbonyl (C=O) groups excluding carboxylic acids is 1. The number of nitrogens with one attached hydrogen (secondary N) is 1. The fraction of sp³-hybridized carbons (Fsp3) is 0.562. The van der Waals surface area contributed by atoms with Crippen LogP contribution in [0.5, 0.6) is 5.75 Å². The maximum atomic E-state index is 11.9. The molecule has 0 radical (unpaired) electrons. The molecule has 21 heavy (non-hydrogen) atoms. The molecule has 5 heteroatoms. The lowest BCUT2D eigenvalue weighted by Crippen LogP contribution is -2.44. The summed E-state index contributed by atoms with van der Waals surface area (Å²) in [6.45, 7) is 2.61. The van der Waals surface area contributed by atoms with Gasteiger partial charge in [0.05, 0.1) is 25.2 Å². The van der Waals surface area contributed by atoms with Crippen molar-refractivity contribution in [1.29, 1.82) is 0 Å². The molecule has 2 saturated heterocycles. The first-order valence-electron chi connectivity index (χ1n) is 7.42. The lowest BCUT2D eigenvalue weighted by atomic mass is 10.00. The highest BCUT2D eigenvalue weighted by atomic mass is 16.5. The van der Waals surface area contributed by atoms with Gasteiger partial charge in [-0.25, -0.2) is 0 Å². The predicted octanol–water partition coefficient (Wildman–Crippen LogP) is 1.03. The van der Waals surface area contributed by atoms with Crippen LogP contribution in [0.4, 0.5) is 0 Å². The predicted molar refractivity (Wildman–Crippen MR) is 79.1 cm³/mol. The lowest BCUT2D eigenvalue weighted by molar-refractivity contribution is -0.127. The van der Waals surface area contributed by atoms with Crippen LogP contribution in [-0.4, -0.2) is 50.3 Å². The van der Waals surface area contributed by atoms with E-state index in [0.717, 1.165) is 31.8 Å². The smallest absolute Gasteiger partial charge is 0.225 e. The van der Waals surface area contributed by atoms with E-state index in [1.165, 1.54) is 5.56 Å². The monoisotopic (exact) mass is 290 g/mol. The van der Waals surface area contributed by atoms with Crippen molar-refractivity contribution in [3.05, 3.63) is 29.8 Å². The molecule has 2 aliphatic heterocycles. The van der Waals surface area contributed by atoms with Crippen LogP contribution in [0, 0.1) is 5.92 Å². The van der Waals surface area contributed by atoms with E-state index >= 15 is 0 Å². The molecule has 1 N–H and O–H groups in total. The van der Waals surface area contributed by atoms with Crippen LogP contribution < -0.4 is 10.1 Å². The van der Waals surface area contributed by atoms with E-state index in [9.17, 15) is 4.79 Å². The van der Waals surface area contributed by atoms with Crippen LogP contribution in [-0.2, 0) is 16.1 Å².